The summed E-state index contributed by atoms with van der Waals surface area (Å²) in [5.41, 5.74) is 3.95. The second-order valence-electron chi connectivity index (χ2n) is 6.81. The Balaban J connectivity index is 1.62. The molecule has 1 aliphatic heterocycles. The maximum absolute atomic E-state index is 13.2. The van der Waals surface area contributed by atoms with Crippen molar-refractivity contribution >= 4 is 11.0 Å². The minimum Gasteiger partial charge on any atom is -0.392 e. The fourth-order valence-corrected chi connectivity index (χ4v) is 3.76. The first-order valence-corrected chi connectivity index (χ1v) is 8.47. The van der Waals surface area contributed by atoms with Gasteiger partial charge in [0, 0.05) is 37.8 Å². The number of β-amino-alcohol motifs (C(OH)–C–C–N with tert-alkyl or cyclic N) is 1. The van der Waals surface area contributed by atoms with Crippen molar-refractivity contribution in [3.8, 4) is 0 Å². The normalized spacial score (nSPS) is 21.3. The van der Waals surface area contributed by atoms with Gasteiger partial charge < -0.3 is 5.11 Å². The van der Waals surface area contributed by atoms with E-state index in [2.05, 4.69) is 21.0 Å². The summed E-state index contributed by atoms with van der Waals surface area (Å²) >= 11 is 0. The zero-order valence-corrected chi connectivity index (χ0v) is 14.4. The summed E-state index contributed by atoms with van der Waals surface area (Å²) in [6.07, 6.45) is 2.16. The van der Waals surface area contributed by atoms with Gasteiger partial charge in [-0.3, -0.25) is 9.58 Å². The number of aromatic nitrogens is 3. The lowest BCUT2D eigenvalue weighted by atomic mass is 10.0. The summed E-state index contributed by atoms with van der Waals surface area (Å²) in [7, 11) is 1.89. The standard InChI is InChI=1S/C19H21FN4O/c1-12-17-7-13(9-21-19(17)23(2)22-12)10-24-11-16(25)8-18(24)14-3-5-15(20)6-4-14/h3-7,9,16,18,25H,8,10-11H2,1-2H3. The molecule has 0 radical (unpaired) electrons. The molecule has 5 nitrogen and oxygen atoms in total. The van der Waals surface area contributed by atoms with Crippen LogP contribution in [-0.4, -0.2) is 37.4 Å². The van der Waals surface area contributed by atoms with Crippen molar-refractivity contribution < 1.29 is 9.50 Å². The first-order chi connectivity index (χ1) is 12.0. The van der Waals surface area contributed by atoms with E-state index in [-0.39, 0.29) is 18.0 Å². The van der Waals surface area contributed by atoms with Crippen LogP contribution in [0.5, 0.6) is 0 Å². The van der Waals surface area contributed by atoms with Gasteiger partial charge in [0.25, 0.3) is 0 Å². The highest BCUT2D eigenvalue weighted by molar-refractivity contribution is 5.78. The minimum atomic E-state index is -0.369. The molecule has 0 aliphatic carbocycles. The van der Waals surface area contributed by atoms with E-state index in [1.165, 1.54) is 12.1 Å². The van der Waals surface area contributed by atoms with Crippen LogP contribution in [0.3, 0.4) is 0 Å². The number of nitrogens with zero attached hydrogens (tertiary/aromatic N) is 4. The van der Waals surface area contributed by atoms with Crippen LogP contribution in [0, 0.1) is 12.7 Å². The summed E-state index contributed by atoms with van der Waals surface area (Å²) in [6, 6.07) is 8.77. The summed E-state index contributed by atoms with van der Waals surface area (Å²) in [5.74, 6) is -0.240. The molecule has 2 atom stereocenters. The molecule has 2 aromatic heterocycles. The van der Waals surface area contributed by atoms with Crippen molar-refractivity contribution in [1.82, 2.24) is 19.7 Å². The molecule has 3 aromatic rings. The van der Waals surface area contributed by atoms with Gasteiger partial charge in [-0.15, -0.1) is 0 Å². The number of hydrogen-bond donors (Lipinski definition) is 1. The number of rotatable bonds is 3. The lowest BCUT2D eigenvalue weighted by Crippen LogP contribution is -2.24. The first-order valence-electron chi connectivity index (χ1n) is 8.47. The number of halogens is 1. The number of aliphatic hydroxyl groups is 1. The fourth-order valence-electron chi connectivity index (χ4n) is 3.76. The van der Waals surface area contributed by atoms with Gasteiger partial charge in [-0.05, 0) is 42.7 Å². The molecule has 0 bridgehead atoms. The average Bonchev–Trinajstić information content (AvgIpc) is 3.08. The Bertz CT molecular complexity index is 906. The van der Waals surface area contributed by atoms with Crippen LogP contribution >= 0.6 is 0 Å². The van der Waals surface area contributed by atoms with Crippen LogP contribution in [0.1, 0.15) is 29.3 Å². The minimum absolute atomic E-state index is 0.0845. The second kappa shape index (κ2) is 6.20. The molecule has 1 aliphatic rings. The van der Waals surface area contributed by atoms with Crippen molar-refractivity contribution in [3.05, 3.63) is 59.2 Å². The molecule has 1 aromatic carbocycles. The molecule has 2 unspecified atom stereocenters. The van der Waals surface area contributed by atoms with Crippen molar-refractivity contribution in [1.29, 1.82) is 0 Å². The highest BCUT2D eigenvalue weighted by Crippen LogP contribution is 2.33. The number of hydrogen-bond acceptors (Lipinski definition) is 4. The molecule has 1 saturated heterocycles. The molecule has 1 fully saturated rings. The third kappa shape index (κ3) is 3.03. The second-order valence-corrected chi connectivity index (χ2v) is 6.81. The van der Waals surface area contributed by atoms with Crippen molar-refractivity contribution in [2.75, 3.05) is 6.54 Å². The zero-order valence-electron chi connectivity index (χ0n) is 14.4. The third-order valence-electron chi connectivity index (χ3n) is 4.94. The topological polar surface area (TPSA) is 54.2 Å². The number of likely N-dealkylation sites (tertiary alicyclic amines) is 1. The lowest BCUT2D eigenvalue weighted by molar-refractivity contribution is 0.172. The molecule has 0 spiro atoms. The van der Waals surface area contributed by atoms with Crippen LogP contribution in [0.4, 0.5) is 4.39 Å². The van der Waals surface area contributed by atoms with E-state index in [0.29, 0.717) is 19.5 Å². The molecule has 25 heavy (non-hydrogen) atoms. The fraction of sp³-hybridized carbons (Fsp3) is 0.368. The van der Waals surface area contributed by atoms with Crippen molar-refractivity contribution in [2.45, 2.75) is 32.0 Å². The lowest BCUT2D eigenvalue weighted by Gasteiger charge is -2.24. The van der Waals surface area contributed by atoms with Gasteiger partial charge in [-0.25, -0.2) is 9.37 Å². The van der Waals surface area contributed by atoms with Gasteiger partial charge in [0.15, 0.2) is 5.65 Å². The Morgan fingerprint density at radius 3 is 2.80 bits per heavy atom. The van der Waals surface area contributed by atoms with E-state index in [0.717, 1.165) is 27.9 Å². The van der Waals surface area contributed by atoms with Crippen LogP contribution in [-0.2, 0) is 13.6 Å². The van der Waals surface area contributed by atoms with E-state index in [1.54, 1.807) is 16.8 Å². The van der Waals surface area contributed by atoms with Gasteiger partial charge in [0.05, 0.1) is 11.8 Å². The smallest absolute Gasteiger partial charge is 0.157 e. The molecular weight excluding hydrogens is 319 g/mol. The molecule has 0 amide bonds. The SMILES string of the molecule is Cc1nn(C)c2ncc(CN3CC(O)CC3c3ccc(F)cc3)cc12. The molecule has 6 heteroatoms. The Morgan fingerprint density at radius 2 is 2.04 bits per heavy atom. The molecule has 3 heterocycles. The average molecular weight is 340 g/mol. The summed E-state index contributed by atoms with van der Waals surface area (Å²) < 4.78 is 15.0. The number of fused-ring (bicyclic) bond motifs is 1. The van der Waals surface area contributed by atoms with E-state index in [9.17, 15) is 9.50 Å². The Labute approximate surface area is 145 Å². The van der Waals surface area contributed by atoms with Crippen molar-refractivity contribution in [2.24, 2.45) is 7.05 Å². The quantitative estimate of drug-likeness (QED) is 0.796. The van der Waals surface area contributed by atoms with Crippen LogP contribution in [0.15, 0.2) is 36.5 Å². The molecule has 4 rings (SSSR count). The molecule has 1 N–H and O–H groups in total. The summed E-state index contributed by atoms with van der Waals surface area (Å²) in [5, 5.41) is 15.6. The summed E-state index contributed by atoms with van der Waals surface area (Å²) in [6.45, 7) is 3.28. The Kier molecular flexibility index (Phi) is 4.01. The molecule has 0 saturated carbocycles. The largest absolute Gasteiger partial charge is 0.392 e. The van der Waals surface area contributed by atoms with Gasteiger partial charge >= 0.3 is 0 Å². The van der Waals surface area contributed by atoms with Gasteiger partial charge in [0.2, 0.25) is 0 Å². The van der Waals surface area contributed by atoms with E-state index >= 15 is 0 Å². The Morgan fingerprint density at radius 1 is 1.28 bits per heavy atom. The monoisotopic (exact) mass is 340 g/mol. The predicted molar refractivity (Wildman–Crippen MR) is 93.4 cm³/mol. The van der Waals surface area contributed by atoms with E-state index in [4.69, 9.17) is 0 Å². The van der Waals surface area contributed by atoms with E-state index < -0.39 is 0 Å². The number of pyridine rings is 1. The van der Waals surface area contributed by atoms with Crippen LogP contribution in [0.2, 0.25) is 0 Å². The molecule has 130 valence electrons. The number of aryl methyl sites for hydroxylation is 2. The maximum atomic E-state index is 13.2. The summed E-state index contributed by atoms with van der Waals surface area (Å²) in [4.78, 5) is 6.76. The maximum Gasteiger partial charge on any atom is 0.157 e. The first kappa shape index (κ1) is 16.2. The van der Waals surface area contributed by atoms with Crippen LogP contribution < -0.4 is 0 Å². The van der Waals surface area contributed by atoms with Gasteiger partial charge in [-0.1, -0.05) is 12.1 Å². The number of aliphatic hydroxyl groups excluding tert-OH is 1. The zero-order chi connectivity index (χ0) is 17.6. The predicted octanol–water partition coefficient (Wildman–Crippen LogP) is 2.72. The third-order valence-corrected chi connectivity index (χ3v) is 4.94. The van der Waals surface area contributed by atoms with Gasteiger partial charge in [-0.2, -0.15) is 5.10 Å². The van der Waals surface area contributed by atoms with E-state index in [1.807, 2.05) is 20.2 Å². The van der Waals surface area contributed by atoms with Crippen molar-refractivity contribution in [3.63, 3.8) is 0 Å². The number of benzene rings is 1. The van der Waals surface area contributed by atoms with Gasteiger partial charge in [0.1, 0.15) is 5.82 Å². The highest BCUT2D eigenvalue weighted by atomic mass is 19.1. The highest BCUT2D eigenvalue weighted by Gasteiger charge is 2.32. The molecular formula is C19H21FN4O. The van der Waals surface area contributed by atoms with Crippen LogP contribution in [0.25, 0.3) is 11.0 Å². The Hall–Kier alpha value is -2.31.